The summed E-state index contributed by atoms with van der Waals surface area (Å²) in [4.78, 5) is 28.0. The summed E-state index contributed by atoms with van der Waals surface area (Å²) in [6.07, 6.45) is 0.719. The third-order valence-electron chi connectivity index (χ3n) is 5.77. The monoisotopic (exact) mass is 595 g/mol. The van der Waals surface area contributed by atoms with Gasteiger partial charge in [-0.3, -0.25) is 13.9 Å². The van der Waals surface area contributed by atoms with Crippen molar-refractivity contribution in [3.05, 3.63) is 93.4 Å². The first-order chi connectivity index (χ1) is 18.1. The molecule has 0 aliphatic rings. The largest absolute Gasteiger partial charge is 0.354 e. The summed E-state index contributed by atoms with van der Waals surface area (Å²) in [6, 6.07) is 18.2. The Morgan fingerprint density at radius 1 is 0.947 bits per heavy atom. The Labute approximate surface area is 238 Å². The van der Waals surface area contributed by atoms with Crippen molar-refractivity contribution >= 4 is 62.3 Å². The van der Waals surface area contributed by atoms with E-state index < -0.39 is 28.5 Å². The summed E-state index contributed by atoms with van der Waals surface area (Å²) >= 11 is 18.8. The lowest BCUT2D eigenvalue weighted by atomic mass is 10.1. The highest BCUT2D eigenvalue weighted by atomic mass is 35.5. The van der Waals surface area contributed by atoms with Gasteiger partial charge in [-0.2, -0.15) is 0 Å². The molecule has 0 bridgehead atoms. The molecule has 2 amide bonds. The Morgan fingerprint density at radius 3 is 2.29 bits per heavy atom. The molecule has 0 fully saturated rings. The molecule has 1 N–H and O–H groups in total. The number of rotatable bonds is 11. The van der Waals surface area contributed by atoms with Crippen molar-refractivity contribution in [2.75, 3.05) is 17.4 Å². The number of halogens is 3. The molecule has 3 aromatic carbocycles. The molecule has 0 spiro atoms. The number of anilines is 1. The van der Waals surface area contributed by atoms with E-state index in [1.165, 1.54) is 29.2 Å². The average molecular weight is 597 g/mol. The summed E-state index contributed by atoms with van der Waals surface area (Å²) < 4.78 is 28.4. The van der Waals surface area contributed by atoms with Gasteiger partial charge in [0.05, 0.1) is 20.6 Å². The van der Waals surface area contributed by atoms with Gasteiger partial charge in [-0.15, -0.1) is 0 Å². The standard InChI is InChI=1S/C27H28Cl3N3O4S/c1-3-15-31-27(35)19(2)32(17-20-9-7-10-21(28)16-20)25(34)18-33(24-14-8-13-23(29)26(24)30)38(36,37)22-11-5-4-6-12-22/h4-14,16,19H,3,15,17-18H2,1-2H3,(H,31,35)/t19-/m1/s1. The second-order valence-electron chi connectivity index (χ2n) is 8.52. The molecule has 0 aromatic heterocycles. The topological polar surface area (TPSA) is 86.8 Å². The van der Waals surface area contributed by atoms with Gasteiger partial charge in [0.25, 0.3) is 10.0 Å². The van der Waals surface area contributed by atoms with Gasteiger partial charge in [-0.1, -0.05) is 78.1 Å². The fraction of sp³-hybridized carbons (Fsp3) is 0.259. The molecule has 38 heavy (non-hydrogen) atoms. The van der Waals surface area contributed by atoms with Crippen LogP contribution in [0.5, 0.6) is 0 Å². The number of sulfonamides is 1. The van der Waals surface area contributed by atoms with Crippen molar-refractivity contribution in [2.24, 2.45) is 0 Å². The van der Waals surface area contributed by atoms with Gasteiger partial charge in [0.1, 0.15) is 12.6 Å². The van der Waals surface area contributed by atoms with E-state index in [0.717, 1.165) is 10.7 Å². The van der Waals surface area contributed by atoms with Crippen LogP contribution >= 0.6 is 34.8 Å². The number of amides is 2. The van der Waals surface area contributed by atoms with E-state index in [1.807, 2.05) is 6.92 Å². The maximum Gasteiger partial charge on any atom is 0.264 e. The zero-order valence-electron chi connectivity index (χ0n) is 20.9. The molecule has 11 heteroatoms. The van der Waals surface area contributed by atoms with Crippen molar-refractivity contribution in [1.29, 1.82) is 0 Å². The molecular weight excluding hydrogens is 569 g/mol. The van der Waals surface area contributed by atoms with Gasteiger partial charge in [0.2, 0.25) is 11.8 Å². The SMILES string of the molecule is CCCNC(=O)[C@@H](C)N(Cc1cccc(Cl)c1)C(=O)CN(c1cccc(Cl)c1Cl)S(=O)(=O)c1ccccc1. The van der Waals surface area contributed by atoms with Crippen molar-refractivity contribution in [3.8, 4) is 0 Å². The predicted molar refractivity (Wildman–Crippen MR) is 152 cm³/mol. The van der Waals surface area contributed by atoms with E-state index in [1.54, 1.807) is 55.5 Å². The lowest BCUT2D eigenvalue weighted by Gasteiger charge is -2.32. The van der Waals surface area contributed by atoms with Gasteiger partial charge < -0.3 is 10.2 Å². The quantitative estimate of drug-likeness (QED) is 0.304. The molecule has 3 rings (SSSR count). The fourth-order valence-corrected chi connectivity index (χ4v) is 5.84. The third kappa shape index (κ3) is 7.20. The van der Waals surface area contributed by atoms with Crippen LogP contribution in [0.3, 0.4) is 0 Å². The lowest BCUT2D eigenvalue weighted by molar-refractivity contribution is -0.139. The molecule has 0 heterocycles. The first-order valence-corrected chi connectivity index (χ1v) is 14.5. The molecule has 0 unspecified atom stereocenters. The van der Waals surface area contributed by atoms with Crippen LogP contribution < -0.4 is 9.62 Å². The summed E-state index contributed by atoms with van der Waals surface area (Å²) in [5.74, 6) is -0.972. The molecule has 0 aliphatic heterocycles. The maximum atomic E-state index is 13.8. The molecular formula is C27H28Cl3N3O4S. The van der Waals surface area contributed by atoms with Gasteiger partial charge in [0, 0.05) is 18.1 Å². The smallest absolute Gasteiger partial charge is 0.264 e. The minimum atomic E-state index is -4.24. The Hall–Kier alpha value is -2.78. The third-order valence-corrected chi connectivity index (χ3v) is 8.59. The first kappa shape index (κ1) is 29.8. The minimum Gasteiger partial charge on any atom is -0.354 e. The van der Waals surface area contributed by atoms with Crippen molar-refractivity contribution in [3.63, 3.8) is 0 Å². The summed E-state index contributed by atoms with van der Waals surface area (Å²) in [6.45, 7) is 3.36. The van der Waals surface area contributed by atoms with Crippen LogP contribution in [0.25, 0.3) is 0 Å². The van der Waals surface area contributed by atoms with Crippen molar-refractivity contribution < 1.29 is 18.0 Å². The predicted octanol–water partition coefficient (Wildman–Crippen LogP) is 5.79. The molecule has 0 radical (unpaired) electrons. The molecule has 0 saturated carbocycles. The summed E-state index contributed by atoms with van der Waals surface area (Å²) in [7, 11) is -4.24. The van der Waals surface area contributed by atoms with E-state index in [9.17, 15) is 18.0 Å². The number of hydrogen-bond donors (Lipinski definition) is 1. The maximum absolute atomic E-state index is 13.8. The highest BCUT2D eigenvalue weighted by Crippen LogP contribution is 2.35. The van der Waals surface area contributed by atoms with Gasteiger partial charge >= 0.3 is 0 Å². The Kier molecular flexibility index (Phi) is 10.4. The molecule has 1 atom stereocenters. The van der Waals surface area contributed by atoms with Crippen molar-refractivity contribution in [1.82, 2.24) is 10.2 Å². The number of hydrogen-bond acceptors (Lipinski definition) is 4. The fourth-order valence-electron chi connectivity index (χ4n) is 3.73. The molecule has 7 nitrogen and oxygen atoms in total. The van der Waals surface area contributed by atoms with Crippen LogP contribution in [0.1, 0.15) is 25.8 Å². The highest BCUT2D eigenvalue weighted by molar-refractivity contribution is 7.92. The number of benzene rings is 3. The summed E-state index contributed by atoms with van der Waals surface area (Å²) in [5, 5.41) is 3.38. The average Bonchev–Trinajstić information content (AvgIpc) is 2.90. The zero-order chi connectivity index (χ0) is 27.9. The Balaban J connectivity index is 2.05. The zero-order valence-corrected chi connectivity index (χ0v) is 24.0. The van der Waals surface area contributed by atoms with Crippen LogP contribution in [0.15, 0.2) is 77.7 Å². The van der Waals surface area contributed by atoms with Gasteiger partial charge in [-0.25, -0.2) is 8.42 Å². The second kappa shape index (κ2) is 13.3. The number of nitrogens with one attached hydrogen (secondary N) is 1. The van der Waals surface area contributed by atoms with Crippen LogP contribution in [0, 0.1) is 0 Å². The Bertz CT molecular complexity index is 1390. The summed E-state index contributed by atoms with van der Waals surface area (Å²) in [5.41, 5.74) is 0.724. The van der Waals surface area contributed by atoms with Gasteiger partial charge in [0.15, 0.2) is 0 Å². The van der Waals surface area contributed by atoms with Gasteiger partial charge in [-0.05, 0) is 55.3 Å². The van der Waals surface area contributed by atoms with E-state index in [0.29, 0.717) is 17.1 Å². The normalized spacial score (nSPS) is 12.0. The van der Waals surface area contributed by atoms with E-state index in [-0.39, 0.29) is 33.1 Å². The molecule has 202 valence electrons. The van der Waals surface area contributed by atoms with E-state index in [4.69, 9.17) is 34.8 Å². The lowest BCUT2D eigenvalue weighted by Crippen LogP contribution is -2.51. The van der Waals surface area contributed by atoms with Crippen LogP contribution in [-0.2, 0) is 26.2 Å². The molecule has 0 aliphatic carbocycles. The second-order valence-corrected chi connectivity index (χ2v) is 11.6. The number of nitrogens with zero attached hydrogens (tertiary/aromatic N) is 2. The molecule has 0 saturated heterocycles. The van der Waals surface area contributed by atoms with E-state index >= 15 is 0 Å². The van der Waals surface area contributed by atoms with E-state index in [2.05, 4.69) is 5.32 Å². The first-order valence-electron chi connectivity index (χ1n) is 11.9. The van der Waals surface area contributed by atoms with Crippen LogP contribution in [0.4, 0.5) is 5.69 Å². The highest BCUT2D eigenvalue weighted by Gasteiger charge is 2.33. The van der Waals surface area contributed by atoms with Crippen LogP contribution in [-0.4, -0.2) is 44.3 Å². The number of carbonyl (C=O) groups excluding carboxylic acids is 2. The Morgan fingerprint density at radius 2 is 1.63 bits per heavy atom. The van der Waals surface area contributed by atoms with Crippen LogP contribution in [0.2, 0.25) is 15.1 Å². The number of carbonyl (C=O) groups is 2. The minimum absolute atomic E-state index is 0.0170. The molecule has 3 aromatic rings. The van der Waals surface area contributed by atoms with Crippen molar-refractivity contribution in [2.45, 2.75) is 37.8 Å².